The van der Waals surface area contributed by atoms with E-state index < -0.39 is 0 Å². The van der Waals surface area contributed by atoms with Crippen molar-refractivity contribution in [2.45, 2.75) is 31.7 Å². The van der Waals surface area contributed by atoms with E-state index >= 15 is 0 Å². The van der Waals surface area contributed by atoms with Gasteiger partial charge in [-0.15, -0.1) is 0 Å². The van der Waals surface area contributed by atoms with Crippen molar-refractivity contribution in [2.24, 2.45) is 5.73 Å². The molecule has 2 N–H and O–H groups in total. The zero-order valence-corrected chi connectivity index (χ0v) is 8.25. The number of rotatable bonds is 0. The number of hydrogen-bond donors (Lipinski definition) is 1. The lowest BCUT2D eigenvalue weighted by Gasteiger charge is -2.19. The summed E-state index contributed by atoms with van der Waals surface area (Å²) in [6.45, 7) is 0.873. The molecular weight excluding hydrogens is 174 g/mol. The molecule has 0 aromatic heterocycles. The van der Waals surface area contributed by atoms with E-state index in [1.807, 2.05) is 0 Å². The summed E-state index contributed by atoms with van der Waals surface area (Å²) >= 11 is 0. The molecule has 1 atom stereocenters. The topological polar surface area (TPSA) is 35.2 Å². The Morgan fingerprint density at radius 2 is 2.14 bits per heavy atom. The zero-order chi connectivity index (χ0) is 9.54. The first-order chi connectivity index (χ1) is 6.84. The maximum atomic E-state index is 6.04. The van der Waals surface area contributed by atoms with Crippen LogP contribution >= 0.6 is 0 Å². The predicted octanol–water partition coefficient (Wildman–Crippen LogP) is 1.96. The second-order valence-electron chi connectivity index (χ2n) is 4.26. The van der Waals surface area contributed by atoms with E-state index in [0.717, 1.165) is 38.0 Å². The highest BCUT2D eigenvalue weighted by atomic mass is 16.5. The number of nitrogens with two attached hydrogens (primary N) is 1. The van der Waals surface area contributed by atoms with Gasteiger partial charge in [-0.05, 0) is 48.4 Å². The van der Waals surface area contributed by atoms with Crippen LogP contribution in [-0.2, 0) is 12.8 Å². The maximum Gasteiger partial charge on any atom is 0.122 e. The third-order valence-electron chi connectivity index (χ3n) is 3.29. The van der Waals surface area contributed by atoms with Crippen LogP contribution in [0.15, 0.2) is 12.1 Å². The van der Waals surface area contributed by atoms with Gasteiger partial charge >= 0.3 is 0 Å². The van der Waals surface area contributed by atoms with Crippen molar-refractivity contribution in [3.05, 3.63) is 28.8 Å². The third-order valence-corrected chi connectivity index (χ3v) is 3.29. The number of aryl methyl sites for hydroxylation is 2. The molecule has 0 fully saturated rings. The fourth-order valence-corrected chi connectivity index (χ4v) is 2.49. The molecule has 1 aliphatic heterocycles. The van der Waals surface area contributed by atoms with Gasteiger partial charge in [0.05, 0.1) is 6.61 Å². The molecule has 3 rings (SSSR count). The van der Waals surface area contributed by atoms with Gasteiger partial charge in [0.25, 0.3) is 0 Å². The molecule has 14 heavy (non-hydrogen) atoms. The Balaban J connectivity index is 2.11. The summed E-state index contributed by atoms with van der Waals surface area (Å²) in [5.74, 6) is 1.10. The van der Waals surface area contributed by atoms with Crippen molar-refractivity contribution < 1.29 is 4.74 Å². The summed E-state index contributed by atoms with van der Waals surface area (Å²) in [6, 6.07) is 4.73. The van der Waals surface area contributed by atoms with Crippen LogP contribution in [0.3, 0.4) is 0 Å². The van der Waals surface area contributed by atoms with Crippen molar-refractivity contribution in [3.8, 4) is 5.75 Å². The standard InChI is InChI=1S/C12H15NO/c13-11-4-3-8-7-12-9(6-10(8)11)2-1-5-14-12/h6-7,11H,1-5,13H2. The summed E-state index contributed by atoms with van der Waals surface area (Å²) in [4.78, 5) is 0. The van der Waals surface area contributed by atoms with Crippen molar-refractivity contribution >= 4 is 0 Å². The largest absolute Gasteiger partial charge is 0.493 e. The Labute approximate surface area is 84.1 Å². The minimum atomic E-state index is 0.261. The third kappa shape index (κ3) is 1.14. The molecule has 1 aromatic carbocycles. The van der Waals surface area contributed by atoms with E-state index in [9.17, 15) is 0 Å². The highest BCUT2D eigenvalue weighted by Crippen LogP contribution is 2.36. The van der Waals surface area contributed by atoms with E-state index in [1.54, 1.807) is 0 Å². The van der Waals surface area contributed by atoms with Crippen LogP contribution in [0.25, 0.3) is 0 Å². The van der Waals surface area contributed by atoms with Crippen molar-refractivity contribution in [1.82, 2.24) is 0 Å². The van der Waals surface area contributed by atoms with E-state index in [1.165, 1.54) is 16.7 Å². The summed E-state index contributed by atoms with van der Waals surface area (Å²) in [5.41, 5.74) is 10.1. The predicted molar refractivity (Wildman–Crippen MR) is 55.5 cm³/mol. The summed E-state index contributed by atoms with van der Waals surface area (Å²) in [6.07, 6.45) is 4.50. The Bertz CT molecular complexity index is 372. The van der Waals surface area contributed by atoms with E-state index in [4.69, 9.17) is 10.5 Å². The van der Waals surface area contributed by atoms with Crippen molar-refractivity contribution in [3.63, 3.8) is 0 Å². The van der Waals surface area contributed by atoms with Gasteiger partial charge in [-0.25, -0.2) is 0 Å². The molecule has 0 saturated heterocycles. The van der Waals surface area contributed by atoms with Gasteiger partial charge < -0.3 is 10.5 Å². The summed E-state index contributed by atoms with van der Waals surface area (Å²) in [7, 11) is 0. The molecule has 1 unspecified atom stereocenters. The smallest absolute Gasteiger partial charge is 0.122 e. The number of fused-ring (bicyclic) bond motifs is 2. The number of hydrogen-bond acceptors (Lipinski definition) is 2. The fraction of sp³-hybridized carbons (Fsp3) is 0.500. The second kappa shape index (κ2) is 2.99. The van der Waals surface area contributed by atoms with Crippen LogP contribution in [0.1, 0.15) is 35.6 Å². The first-order valence-electron chi connectivity index (χ1n) is 5.38. The molecular formula is C12H15NO. The number of ether oxygens (including phenoxy) is 1. The lowest BCUT2D eigenvalue weighted by Crippen LogP contribution is -2.11. The van der Waals surface area contributed by atoms with Gasteiger partial charge in [-0.3, -0.25) is 0 Å². The number of benzene rings is 1. The molecule has 0 spiro atoms. The van der Waals surface area contributed by atoms with Gasteiger partial charge in [0.1, 0.15) is 5.75 Å². The monoisotopic (exact) mass is 189 g/mol. The van der Waals surface area contributed by atoms with Crippen LogP contribution in [0.4, 0.5) is 0 Å². The average Bonchev–Trinajstić information content (AvgIpc) is 2.57. The first kappa shape index (κ1) is 8.30. The van der Waals surface area contributed by atoms with E-state index in [0.29, 0.717) is 0 Å². The second-order valence-corrected chi connectivity index (χ2v) is 4.26. The van der Waals surface area contributed by atoms with Gasteiger partial charge in [-0.2, -0.15) is 0 Å². The fourth-order valence-electron chi connectivity index (χ4n) is 2.49. The minimum Gasteiger partial charge on any atom is -0.493 e. The average molecular weight is 189 g/mol. The van der Waals surface area contributed by atoms with Crippen molar-refractivity contribution in [1.29, 1.82) is 0 Å². The molecule has 1 aromatic rings. The molecule has 0 amide bonds. The lowest BCUT2D eigenvalue weighted by molar-refractivity contribution is 0.288. The van der Waals surface area contributed by atoms with Gasteiger partial charge in [0.15, 0.2) is 0 Å². The Hall–Kier alpha value is -1.02. The SMILES string of the molecule is NC1CCc2cc3c(cc21)CCCO3. The normalized spacial score (nSPS) is 23.9. The molecule has 0 bridgehead atoms. The van der Waals surface area contributed by atoms with E-state index in [2.05, 4.69) is 12.1 Å². The zero-order valence-electron chi connectivity index (χ0n) is 8.25. The van der Waals surface area contributed by atoms with Gasteiger partial charge in [0, 0.05) is 6.04 Å². The highest BCUT2D eigenvalue weighted by molar-refractivity contribution is 5.47. The van der Waals surface area contributed by atoms with Crippen LogP contribution in [0.2, 0.25) is 0 Å². The van der Waals surface area contributed by atoms with Gasteiger partial charge in [0.2, 0.25) is 0 Å². The Morgan fingerprint density at radius 3 is 3.07 bits per heavy atom. The lowest BCUT2D eigenvalue weighted by atomic mass is 9.99. The molecule has 2 nitrogen and oxygen atoms in total. The van der Waals surface area contributed by atoms with Crippen LogP contribution in [0, 0.1) is 0 Å². The van der Waals surface area contributed by atoms with Crippen LogP contribution in [-0.4, -0.2) is 6.61 Å². The van der Waals surface area contributed by atoms with Crippen LogP contribution in [0.5, 0.6) is 5.75 Å². The molecule has 74 valence electrons. The molecule has 0 saturated carbocycles. The highest BCUT2D eigenvalue weighted by Gasteiger charge is 2.22. The first-order valence-corrected chi connectivity index (χ1v) is 5.38. The summed E-state index contributed by atoms with van der Waals surface area (Å²) < 4.78 is 5.64. The minimum absolute atomic E-state index is 0.261. The Morgan fingerprint density at radius 1 is 1.21 bits per heavy atom. The van der Waals surface area contributed by atoms with Crippen molar-refractivity contribution in [2.75, 3.05) is 6.61 Å². The summed E-state index contributed by atoms with van der Waals surface area (Å²) in [5, 5.41) is 0. The van der Waals surface area contributed by atoms with Gasteiger partial charge in [-0.1, -0.05) is 6.07 Å². The molecule has 1 heterocycles. The molecule has 2 heteroatoms. The molecule has 2 aliphatic rings. The van der Waals surface area contributed by atoms with E-state index in [-0.39, 0.29) is 6.04 Å². The quantitative estimate of drug-likeness (QED) is 0.677. The Kier molecular flexibility index (Phi) is 1.77. The van der Waals surface area contributed by atoms with Crippen LogP contribution < -0.4 is 10.5 Å². The maximum absolute atomic E-state index is 6.04. The molecule has 1 aliphatic carbocycles. The molecule has 0 radical (unpaired) electrons.